The molecule has 2 aromatic carbocycles. The zero-order valence-corrected chi connectivity index (χ0v) is 14.2. The average Bonchev–Trinajstić information content (AvgIpc) is 3.04. The Morgan fingerprint density at radius 1 is 1.04 bits per heavy atom. The normalized spacial score (nSPS) is 10.5. The number of benzene rings is 2. The van der Waals surface area contributed by atoms with Crippen LogP contribution in [0.5, 0.6) is 0 Å². The minimum Gasteiger partial charge on any atom is -0.431 e. The van der Waals surface area contributed by atoms with Crippen LogP contribution in [0.4, 0.5) is 0 Å². The number of hydrogen-bond donors (Lipinski definition) is 1. The van der Waals surface area contributed by atoms with Crippen molar-refractivity contribution in [3.05, 3.63) is 60.7 Å². The van der Waals surface area contributed by atoms with E-state index in [1.165, 1.54) is 18.7 Å². The average molecular weight is 338 g/mol. The number of nitrogens with one attached hydrogen (secondary N) is 1. The molecule has 0 atom stereocenters. The molecule has 0 aliphatic carbocycles. The van der Waals surface area contributed by atoms with Crippen molar-refractivity contribution in [3.63, 3.8) is 0 Å². The lowest BCUT2D eigenvalue weighted by molar-refractivity contribution is -0.118. The summed E-state index contributed by atoms with van der Waals surface area (Å²) in [7, 11) is 0. The molecule has 0 saturated heterocycles. The molecule has 0 radical (unpaired) electrons. The van der Waals surface area contributed by atoms with Crippen molar-refractivity contribution < 1.29 is 9.21 Å². The van der Waals surface area contributed by atoms with Gasteiger partial charge in [-0.15, -0.1) is 0 Å². The summed E-state index contributed by atoms with van der Waals surface area (Å²) < 4.78 is 6.00. The Balaban J connectivity index is 1.87. The Morgan fingerprint density at radius 3 is 2.29 bits per heavy atom. The van der Waals surface area contributed by atoms with E-state index in [2.05, 4.69) is 10.3 Å². The van der Waals surface area contributed by atoms with Gasteiger partial charge in [0, 0.05) is 30.3 Å². The maximum atomic E-state index is 10.9. The smallest absolute Gasteiger partial charge is 0.256 e. The van der Waals surface area contributed by atoms with Gasteiger partial charge < -0.3 is 9.73 Å². The second-order valence-electron chi connectivity index (χ2n) is 5.22. The summed E-state index contributed by atoms with van der Waals surface area (Å²) in [4.78, 5) is 15.6. The number of hydrogen-bond acceptors (Lipinski definition) is 4. The van der Waals surface area contributed by atoms with Gasteiger partial charge in [0.25, 0.3) is 5.22 Å². The molecule has 1 amide bonds. The van der Waals surface area contributed by atoms with E-state index in [1.807, 2.05) is 60.7 Å². The molecule has 1 aromatic heterocycles. The molecule has 1 heterocycles. The van der Waals surface area contributed by atoms with E-state index >= 15 is 0 Å². The number of rotatable bonds is 6. The summed E-state index contributed by atoms with van der Waals surface area (Å²) in [6, 6.07) is 20.0. The zero-order chi connectivity index (χ0) is 16.8. The first-order valence-electron chi connectivity index (χ1n) is 7.73. The Morgan fingerprint density at radius 2 is 1.67 bits per heavy atom. The molecular weight excluding hydrogens is 320 g/mol. The number of thioether (sulfide) groups is 1. The summed E-state index contributed by atoms with van der Waals surface area (Å²) in [5.41, 5.74) is 2.86. The van der Waals surface area contributed by atoms with Gasteiger partial charge in [-0.25, -0.2) is 4.98 Å². The fraction of sp³-hybridized carbons (Fsp3) is 0.158. The molecule has 0 bridgehead atoms. The topological polar surface area (TPSA) is 55.1 Å². The molecule has 122 valence electrons. The van der Waals surface area contributed by atoms with E-state index in [4.69, 9.17) is 4.42 Å². The highest BCUT2D eigenvalue weighted by Crippen LogP contribution is 2.35. The fourth-order valence-corrected chi connectivity index (χ4v) is 2.98. The SMILES string of the molecule is CC(=O)NCCSc1nc(-c2ccccc2)c(-c2ccccc2)o1. The maximum Gasteiger partial charge on any atom is 0.256 e. The molecule has 0 fully saturated rings. The van der Waals surface area contributed by atoms with E-state index < -0.39 is 0 Å². The van der Waals surface area contributed by atoms with Gasteiger partial charge in [-0.3, -0.25) is 4.79 Å². The first-order chi connectivity index (χ1) is 11.7. The molecule has 3 rings (SSSR count). The van der Waals surface area contributed by atoms with Crippen molar-refractivity contribution in [3.8, 4) is 22.6 Å². The lowest BCUT2D eigenvalue weighted by atomic mass is 10.1. The number of carbonyl (C=O) groups excluding carboxylic acids is 1. The van der Waals surface area contributed by atoms with E-state index in [0.29, 0.717) is 17.5 Å². The van der Waals surface area contributed by atoms with Crippen molar-refractivity contribution in [2.45, 2.75) is 12.1 Å². The summed E-state index contributed by atoms with van der Waals surface area (Å²) in [6.45, 7) is 2.10. The first-order valence-corrected chi connectivity index (χ1v) is 8.71. The van der Waals surface area contributed by atoms with Crippen molar-refractivity contribution in [2.75, 3.05) is 12.3 Å². The summed E-state index contributed by atoms with van der Waals surface area (Å²) >= 11 is 1.49. The Kier molecular flexibility index (Phi) is 5.33. The predicted octanol–water partition coefficient (Wildman–Crippen LogP) is 4.24. The van der Waals surface area contributed by atoms with Crippen LogP contribution in [0.15, 0.2) is 70.3 Å². The van der Waals surface area contributed by atoms with E-state index in [9.17, 15) is 4.79 Å². The van der Waals surface area contributed by atoms with Crippen molar-refractivity contribution >= 4 is 17.7 Å². The van der Waals surface area contributed by atoms with E-state index in [0.717, 1.165) is 22.6 Å². The third-order valence-corrected chi connectivity index (χ3v) is 4.22. The standard InChI is InChI=1S/C19H18N2O2S/c1-14(22)20-12-13-24-19-21-17(15-8-4-2-5-9-15)18(23-19)16-10-6-3-7-11-16/h2-11H,12-13H2,1H3,(H,20,22). The van der Waals surface area contributed by atoms with Crippen molar-refractivity contribution in [2.24, 2.45) is 0 Å². The summed E-state index contributed by atoms with van der Waals surface area (Å²) in [5, 5.41) is 3.38. The minimum atomic E-state index is -0.0297. The van der Waals surface area contributed by atoms with Gasteiger partial charge >= 0.3 is 0 Å². The van der Waals surface area contributed by atoms with Crippen LogP contribution < -0.4 is 5.32 Å². The summed E-state index contributed by atoms with van der Waals surface area (Å²) in [6.07, 6.45) is 0. The van der Waals surface area contributed by atoms with Gasteiger partial charge in [0.2, 0.25) is 5.91 Å². The van der Waals surface area contributed by atoms with Crippen LogP contribution >= 0.6 is 11.8 Å². The zero-order valence-electron chi connectivity index (χ0n) is 13.4. The van der Waals surface area contributed by atoms with Crippen LogP contribution in [0.2, 0.25) is 0 Å². The Bertz CT molecular complexity index is 744. The molecule has 3 aromatic rings. The van der Waals surface area contributed by atoms with Crippen LogP contribution in [0, 0.1) is 0 Å². The largest absolute Gasteiger partial charge is 0.431 e. The van der Waals surface area contributed by atoms with Crippen LogP contribution in [-0.2, 0) is 4.79 Å². The van der Waals surface area contributed by atoms with Crippen molar-refractivity contribution in [1.82, 2.24) is 10.3 Å². The third-order valence-electron chi connectivity index (χ3n) is 3.39. The number of aromatic nitrogens is 1. The number of carbonyl (C=O) groups is 1. The van der Waals surface area contributed by atoms with Crippen LogP contribution in [-0.4, -0.2) is 23.2 Å². The van der Waals surface area contributed by atoms with Gasteiger partial charge in [-0.1, -0.05) is 72.4 Å². The first kappa shape index (κ1) is 16.3. The van der Waals surface area contributed by atoms with Crippen LogP contribution in [0.25, 0.3) is 22.6 Å². The lowest BCUT2D eigenvalue weighted by Crippen LogP contribution is -2.22. The Hall–Kier alpha value is -2.53. The van der Waals surface area contributed by atoms with Gasteiger partial charge in [-0.2, -0.15) is 0 Å². The minimum absolute atomic E-state index is 0.0297. The third kappa shape index (κ3) is 4.06. The molecule has 0 saturated carbocycles. The monoisotopic (exact) mass is 338 g/mol. The maximum absolute atomic E-state index is 10.9. The number of nitrogens with zero attached hydrogens (tertiary/aromatic N) is 1. The second kappa shape index (κ2) is 7.84. The molecule has 24 heavy (non-hydrogen) atoms. The van der Waals surface area contributed by atoms with Gasteiger partial charge in [0.05, 0.1) is 0 Å². The van der Waals surface area contributed by atoms with Gasteiger partial charge in [0.15, 0.2) is 5.76 Å². The highest BCUT2D eigenvalue weighted by molar-refractivity contribution is 7.99. The molecule has 5 heteroatoms. The second-order valence-corrected chi connectivity index (χ2v) is 6.27. The summed E-state index contributed by atoms with van der Waals surface area (Å²) in [5.74, 6) is 1.45. The molecule has 0 aliphatic rings. The molecule has 1 N–H and O–H groups in total. The molecule has 4 nitrogen and oxygen atoms in total. The highest BCUT2D eigenvalue weighted by atomic mass is 32.2. The highest BCUT2D eigenvalue weighted by Gasteiger charge is 2.16. The number of oxazole rings is 1. The number of amides is 1. The predicted molar refractivity (Wildman–Crippen MR) is 96.8 cm³/mol. The molecule has 0 unspecified atom stereocenters. The van der Waals surface area contributed by atoms with Crippen LogP contribution in [0.3, 0.4) is 0 Å². The van der Waals surface area contributed by atoms with Gasteiger partial charge in [-0.05, 0) is 0 Å². The molecular formula is C19H18N2O2S. The molecule has 0 spiro atoms. The Labute approximate surface area is 145 Å². The van der Waals surface area contributed by atoms with Gasteiger partial charge in [0.1, 0.15) is 5.69 Å². The van der Waals surface area contributed by atoms with E-state index in [1.54, 1.807) is 0 Å². The van der Waals surface area contributed by atoms with Crippen LogP contribution in [0.1, 0.15) is 6.92 Å². The fourth-order valence-electron chi connectivity index (χ4n) is 2.30. The lowest BCUT2D eigenvalue weighted by Gasteiger charge is -2.00. The quantitative estimate of drug-likeness (QED) is 0.539. The van der Waals surface area contributed by atoms with E-state index in [-0.39, 0.29) is 5.91 Å². The van der Waals surface area contributed by atoms with Crippen molar-refractivity contribution in [1.29, 1.82) is 0 Å². The molecule has 0 aliphatic heterocycles.